The largest absolute Gasteiger partial charge is 0.349 e. The van der Waals surface area contributed by atoms with Gasteiger partial charge in [0.15, 0.2) is 0 Å². The van der Waals surface area contributed by atoms with Crippen molar-refractivity contribution in [3.05, 3.63) is 71.3 Å². The van der Waals surface area contributed by atoms with Gasteiger partial charge in [0.2, 0.25) is 5.91 Å². The zero-order valence-electron chi connectivity index (χ0n) is 14.5. The normalized spacial score (nSPS) is 13.6. The summed E-state index contributed by atoms with van der Waals surface area (Å²) in [6, 6.07) is 18.5. The molecule has 0 saturated carbocycles. The summed E-state index contributed by atoms with van der Waals surface area (Å²) in [5.41, 5.74) is 3.52. The molecule has 122 valence electrons. The zero-order chi connectivity index (χ0) is 16.8. The van der Waals surface area contributed by atoms with Gasteiger partial charge in [0.25, 0.3) is 0 Å². The minimum atomic E-state index is -0.144. The van der Waals surface area contributed by atoms with Crippen LogP contribution in [0.2, 0.25) is 0 Å². The first-order chi connectivity index (χ1) is 11.0. The molecule has 2 atom stereocenters. The van der Waals surface area contributed by atoms with E-state index in [0.717, 1.165) is 17.5 Å². The van der Waals surface area contributed by atoms with E-state index in [-0.39, 0.29) is 17.9 Å². The molecular weight excluding hydrogens is 282 g/mol. The fourth-order valence-electron chi connectivity index (χ4n) is 2.73. The summed E-state index contributed by atoms with van der Waals surface area (Å²) in [6.45, 7) is 8.42. The third-order valence-electron chi connectivity index (χ3n) is 4.18. The van der Waals surface area contributed by atoms with E-state index in [1.165, 1.54) is 5.56 Å². The Hall–Kier alpha value is -2.09. The standard InChI is InChI=1S/C21H27NO/c1-15(2)14-18-10-12-19(13-11-18)16(3)21(23)22-17(4)20-8-6-5-7-9-20/h5-13,15-17H,14H2,1-4H3,(H,22,23)/t16?,17-/m0/s1. The van der Waals surface area contributed by atoms with Crippen molar-refractivity contribution in [2.75, 3.05) is 0 Å². The Bertz CT molecular complexity index is 616. The molecule has 0 bridgehead atoms. The molecule has 0 radical (unpaired) electrons. The van der Waals surface area contributed by atoms with E-state index in [9.17, 15) is 4.79 Å². The molecule has 2 aromatic rings. The van der Waals surface area contributed by atoms with Crippen molar-refractivity contribution in [1.82, 2.24) is 5.32 Å². The summed E-state index contributed by atoms with van der Waals surface area (Å²) in [5, 5.41) is 3.10. The van der Waals surface area contributed by atoms with Gasteiger partial charge in [-0.1, -0.05) is 68.4 Å². The highest BCUT2D eigenvalue weighted by Gasteiger charge is 2.17. The molecule has 2 aromatic carbocycles. The van der Waals surface area contributed by atoms with Gasteiger partial charge in [0.1, 0.15) is 0 Å². The first kappa shape index (κ1) is 17.3. The van der Waals surface area contributed by atoms with E-state index in [4.69, 9.17) is 0 Å². The molecule has 0 spiro atoms. The summed E-state index contributed by atoms with van der Waals surface area (Å²) in [6.07, 6.45) is 1.08. The minimum Gasteiger partial charge on any atom is -0.349 e. The first-order valence-corrected chi connectivity index (χ1v) is 8.41. The molecule has 1 N–H and O–H groups in total. The van der Waals surface area contributed by atoms with Crippen LogP contribution in [0.4, 0.5) is 0 Å². The van der Waals surface area contributed by atoms with Crippen LogP contribution in [0.5, 0.6) is 0 Å². The Morgan fingerprint density at radius 1 is 0.870 bits per heavy atom. The first-order valence-electron chi connectivity index (χ1n) is 8.41. The molecule has 2 rings (SSSR count). The van der Waals surface area contributed by atoms with Crippen molar-refractivity contribution in [3.8, 4) is 0 Å². The van der Waals surface area contributed by atoms with Crippen LogP contribution in [0.1, 0.15) is 56.3 Å². The van der Waals surface area contributed by atoms with Crippen LogP contribution in [0.15, 0.2) is 54.6 Å². The van der Waals surface area contributed by atoms with Crippen molar-refractivity contribution in [2.24, 2.45) is 5.92 Å². The number of benzene rings is 2. The third-order valence-corrected chi connectivity index (χ3v) is 4.18. The second-order valence-electron chi connectivity index (χ2n) is 6.70. The summed E-state index contributed by atoms with van der Waals surface area (Å²) in [4.78, 5) is 12.5. The highest BCUT2D eigenvalue weighted by molar-refractivity contribution is 5.83. The number of nitrogens with one attached hydrogen (secondary N) is 1. The Morgan fingerprint density at radius 2 is 1.48 bits per heavy atom. The maximum Gasteiger partial charge on any atom is 0.227 e. The zero-order valence-corrected chi connectivity index (χ0v) is 14.5. The lowest BCUT2D eigenvalue weighted by atomic mass is 9.96. The van der Waals surface area contributed by atoms with E-state index in [1.54, 1.807) is 0 Å². The number of hydrogen-bond donors (Lipinski definition) is 1. The van der Waals surface area contributed by atoms with Crippen LogP contribution in [0.3, 0.4) is 0 Å². The highest BCUT2D eigenvalue weighted by atomic mass is 16.1. The maximum atomic E-state index is 12.5. The maximum absolute atomic E-state index is 12.5. The smallest absolute Gasteiger partial charge is 0.227 e. The predicted octanol–water partition coefficient (Wildman–Crippen LogP) is 4.87. The lowest BCUT2D eigenvalue weighted by molar-refractivity contribution is -0.122. The van der Waals surface area contributed by atoms with E-state index in [1.807, 2.05) is 44.2 Å². The third kappa shape index (κ3) is 4.95. The summed E-state index contributed by atoms with van der Waals surface area (Å²) < 4.78 is 0. The van der Waals surface area contributed by atoms with Gasteiger partial charge in [-0.2, -0.15) is 0 Å². The second kappa shape index (κ2) is 7.96. The number of rotatable bonds is 6. The Balaban J connectivity index is 1.99. The molecule has 23 heavy (non-hydrogen) atoms. The summed E-state index contributed by atoms with van der Waals surface area (Å²) in [5.74, 6) is 0.570. The molecule has 0 heterocycles. The molecule has 2 heteroatoms. The molecule has 0 aliphatic rings. The van der Waals surface area contributed by atoms with Gasteiger partial charge in [-0.05, 0) is 42.9 Å². The Morgan fingerprint density at radius 3 is 2.04 bits per heavy atom. The van der Waals surface area contributed by atoms with Crippen LogP contribution < -0.4 is 5.32 Å². The van der Waals surface area contributed by atoms with Gasteiger partial charge >= 0.3 is 0 Å². The predicted molar refractivity (Wildman–Crippen MR) is 96.4 cm³/mol. The SMILES string of the molecule is CC(C)Cc1ccc(C(C)C(=O)N[C@@H](C)c2ccccc2)cc1. The molecule has 0 fully saturated rings. The molecule has 0 aliphatic heterocycles. The number of carbonyl (C=O) groups excluding carboxylic acids is 1. The highest BCUT2D eigenvalue weighted by Crippen LogP contribution is 2.19. The number of hydrogen-bond acceptors (Lipinski definition) is 1. The average Bonchev–Trinajstić information content (AvgIpc) is 2.55. The summed E-state index contributed by atoms with van der Waals surface area (Å²) in [7, 11) is 0. The topological polar surface area (TPSA) is 29.1 Å². The van der Waals surface area contributed by atoms with E-state index < -0.39 is 0 Å². The van der Waals surface area contributed by atoms with Crippen molar-refractivity contribution >= 4 is 5.91 Å². The monoisotopic (exact) mass is 309 g/mol. The van der Waals surface area contributed by atoms with E-state index >= 15 is 0 Å². The fraction of sp³-hybridized carbons (Fsp3) is 0.381. The van der Waals surface area contributed by atoms with Crippen molar-refractivity contribution < 1.29 is 4.79 Å². The molecule has 0 saturated heterocycles. The van der Waals surface area contributed by atoms with Gasteiger partial charge in [-0.15, -0.1) is 0 Å². The van der Waals surface area contributed by atoms with Gasteiger partial charge in [0, 0.05) is 0 Å². The molecule has 2 nitrogen and oxygen atoms in total. The van der Waals surface area contributed by atoms with Gasteiger partial charge in [-0.3, -0.25) is 4.79 Å². The van der Waals surface area contributed by atoms with E-state index in [2.05, 4.69) is 43.4 Å². The minimum absolute atomic E-state index is 0.0198. The molecule has 0 aromatic heterocycles. The van der Waals surface area contributed by atoms with Crippen molar-refractivity contribution in [2.45, 2.75) is 46.1 Å². The quantitative estimate of drug-likeness (QED) is 0.810. The van der Waals surface area contributed by atoms with Crippen LogP contribution >= 0.6 is 0 Å². The fourth-order valence-corrected chi connectivity index (χ4v) is 2.73. The Kier molecular flexibility index (Phi) is 5.97. The van der Waals surface area contributed by atoms with Crippen LogP contribution in [-0.4, -0.2) is 5.91 Å². The van der Waals surface area contributed by atoms with E-state index in [0.29, 0.717) is 5.92 Å². The lowest BCUT2D eigenvalue weighted by Crippen LogP contribution is -2.30. The lowest BCUT2D eigenvalue weighted by Gasteiger charge is -2.18. The number of carbonyl (C=O) groups is 1. The van der Waals surface area contributed by atoms with Crippen LogP contribution in [0, 0.1) is 5.92 Å². The molecule has 1 amide bonds. The second-order valence-corrected chi connectivity index (χ2v) is 6.70. The molecule has 1 unspecified atom stereocenters. The van der Waals surface area contributed by atoms with Gasteiger partial charge in [0.05, 0.1) is 12.0 Å². The van der Waals surface area contributed by atoms with Gasteiger partial charge in [-0.25, -0.2) is 0 Å². The van der Waals surface area contributed by atoms with Crippen LogP contribution in [-0.2, 0) is 11.2 Å². The Labute approximate surface area is 139 Å². The van der Waals surface area contributed by atoms with Crippen molar-refractivity contribution in [1.29, 1.82) is 0 Å². The molecular formula is C21H27NO. The average molecular weight is 309 g/mol. The number of amides is 1. The van der Waals surface area contributed by atoms with Gasteiger partial charge < -0.3 is 5.32 Å². The van der Waals surface area contributed by atoms with Crippen molar-refractivity contribution in [3.63, 3.8) is 0 Å². The molecule has 0 aliphatic carbocycles. The summed E-state index contributed by atoms with van der Waals surface area (Å²) >= 11 is 0. The van der Waals surface area contributed by atoms with Crippen LogP contribution in [0.25, 0.3) is 0 Å².